The largest absolute Gasteiger partial charge is 0.372 e. The highest BCUT2D eigenvalue weighted by Gasteiger charge is 2.13. The van der Waals surface area contributed by atoms with Crippen molar-refractivity contribution in [3.8, 4) is 6.07 Å². The molecule has 90 valence electrons. The van der Waals surface area contributed by atoms with Crippen molar-refractivity contribution in [2.45, 2.75) is 13.5 Å². The van der Waals surface area contributed by atoms with Crippen LogP contribution >= 0.6 is 0 Å². The summed E-state index contributed by atoms with van der Waals surface area (Å²) in [6, 6.07) is 11.6. The molecule has 1 aromatic carbocycles. The van der Waals surface area contributed by atoms with E-state index in [-0.39, 0.29) is 19.1 Å². The Bertz CT molecular complexity index is 384. The fourth-order valence-corrected chi connectivity index (χ4v) is 1.40. The highest BCUT2D eigenvalue weighted by atomic mass is 16.5. The van der Waals surface area contributed by atoms with Crippen molar-refractivity contribution >= 4 is 5.91 Å². The van der Waals surface area contributed by atoms with Crippen LogP contribution in [0.1, 0.15) is 12.5 Å². The molecule has 0 atom stereocenters. The third kappa shape index (κ3) is 4.66. The minimum Gasteiger partial charge on any atom is -0.372 e. The molecule has 0 bridgehead atoms. The van der Waals surface area contributed by atoms with Crippen LogP contribution in [-0.4, -0.2) is 30.6 Å². The van der Waals surface area contributed by atoms with Crippen LogP contribution in [0.25, 0.3) is 0 Å². The predicted octanol–water partition coefficient (Wildman–Crippen LogP) is 1.58. The minimum atomic E-state index is -0.155. The van der Waals surface area contributed by atoms with E-state index in [2.05, 4.69) is 0 Å². The highest BCUT2D eigenvalue weighted by Crippen LogP contribution is 2.04. The maximum Gasteiger partial charge on any atom is 0.249 e. The van der Waals surface area contributed by atoms with Gasteiger partial charge in [-0.3, -0.25) is 4.79 Å². The number of hydrogen-bond donors (Lipinski definition) is 0. The molecule has 0 aliphatic heterocycles. The van der Waals surface area contributed by atoms with Crippen LogP contribution in [0.5, 0.6) is 0 Å². The normalized spacial score (nSPS) is 9.65. The van der Waals surface area contributed by atoms with Crippen molar-refractivity contribution in [1.29, 1.82) is 5.26 Å². The molecule has 0 aliphatic rings. The molecule has 0 radical (unpaired) electrons. The van der Waals surface area contributed by atoms with Gasteiger partial charge in [-0.25, -0.2) is 0 Å². The van der Waals surface area contributed by atoms with Gasteiger partial charge in [0.15, 0.2) is 0 Å². The Balaban J connectivity index is 2.60. The zero-order chi connectivity index (χ0) is 12.5. The highest BCUT2D eigenvalue weighted by molar-refractivity contribution is 5.77. The van der Waals surface area contributed by atoms with Gasteiger partial charge in [-0.05, 0) is 12.5 Å². The molecule has 0 spiro atoms. The summed E-state index contributed by atoms with van der Waals surface area (Å²) in [4.78, 5) is 13.2. The van der Waals surface area contributed by atoms with E-state index in [0.717, 1.165) is 5.56 Å². The van der Waals surface area contributed by atoms with Gasteiger partial charge in [-0.15, -0.1) is 0 Å². The zero-order valence-electron chi connectivity index (χ0n) is 9.93. The lowest BCUT2D eigenvalue weighted by molar-refractivity contribution is -0.135. The summed E-state index contributed by atoms with van der Waals surface area (Å²) in [5, 5.41) is 8.70. The van der Waals surface area contributed by atoms with Crippen molar-refractivity contribution in [1.82, 2.24) is 4.90 Å². The smallest absolute Gasteiger partial charge is 0.249 e. The maximum atomic E-state index is 11.7. The maximum absolute atomic E-state index is 11.7. The summed E-state index contributed by atoms with van der Waals surface area (Å²) in [5.74, 6) is -0.155. The fraction of sp³-hybridized carbons (Fsp3) is 0.385. The molecule has 4 heteroatoms. The summed E-state index contributed by atoms with van der Waals surface area (Å²) < 4.78 is 5.06. The van der Waals surface area contributed by atoms with Gasteiger partial charge in [0.05, 0.1) is 6.07 Å². The topological polar surface area (TPSA) is 53.3 Å². The SMILES string of the molecule is CCOCC(=O)N(CC#N)Cc1ccccc1. The van der Waals surface area contributed by atoms with E-state index < -0.39 is 0 Å². The van der Waals surface area contributed by atoms with Crippen molar-refractivity contribution in [3.05, 3.63) is 35.9 Å². The monoisotopic (exact) mass is 232 g/mol. The fourth-order valence-electron chi connectivity index (χ4n) is 1.40. The first-order valence-electron chi connectivity index (χ1n) is 5.54. The number of nitrogens with zero attached hydrogens (tertiary/aromatic N) is 2. The van der Waals surface area contributed by atoms with Crippen LogP contribution in [0.15, 0.2) is 30.3 Å². The van der Waals surface area contributed by atoms with Gasteiger partial charge in [0.25, 0.3) is 0 Å². The first kappa shape index (κ1) is 13.2. The average molecular weight is 232 g/mol. The van der Waals surface area contributed by atoms with Crippen molar-refractivity contribution in [2.24, 2.45) is 0 Å². The van der Waals surface area contributed by atoms with Crippen LogP contribution in [0, 0.1) is 11.3 Å². The van der Waals surface area contributed by atoms with Gasteiger partial charge in [0, 0.05) is 13.2 Å². The minimum absolute atomic E-state index is 0.0328. The standard InChI is InChI=1S/C13H16N2O2/c1-2-17-11-13(16)15(9-8-14)10-12-6-4-3-5-7-12/h3-7H,2,9-11H2,1H3. The summed E-state index contributed by atoms with van der Waals surface area (Å²) in [6.07, 6.45) is 0. The lowest BCUT2D eigenvalue weighted by Crippen LogP contribution is -2.33. The molecule has 17 heavy (non-hydrogen) atoms. The summed E-state index contributed by atoms with van der Waals surface area (Å²) in [5.41, 5.74) is 1.01. The molecule has 0 aliphatic carbocycles. The van der Waals surface area contributed by atoms with Gasteiger partial charge in [0.2, 0.25) is 5.91 Å². The Morgan fingerprint density at radius 3 is 2.71 bits per heavy atom. The van der Waals surface area contributed by atoms with E-state index in [1.165, 1.54) is 4.90 Å². The zero-order valence-corrected chi connectivity index (χ0v) is 9.93. The van der Waals surface area contributed by atoms with Crippen LogP contribution < -0.4 is 0 Å². The van der Waals surface area contributed by atoms with E-state index in [0.29, 0.717) is 13.2 Å². The molecule has 0 saturated carbocycles. The third-order valence-electron chi connectivity index (χ3n) is 2.26. The molecule has 0 aromatic heterocycles. The number of nitriles is 1. The number of rotatable bonds is 6. The molecule has 0 N–H and O–H groups in total. The molecule has 0 heterocycles. The van der Waals surface area contributed by atoms with E-state index in [9.17, 15) is 4.79 Å². The molecule has 1 rings (SSSR count). The van der Waals surface area contributed by atoms with Crippen molar-refractivity contribution < 1.29 is 9.53 Å². The number of amides is 1. The quantitative estimate of drug-likeness (QED) is 0.700. The molecule has 4 nitrogen and oxygen atoms in total. The van der Waals surface area contributed by atoms with E-state index in [1.807, 2.05) is 43.3 Å². The van der Waals surface area contributed by atoms with Gasteiger partial charge < -0.3 is 9.64 Å². The van der Waals surface area contributed by atoms with Crippen molar-refractivity contribution in [2.75, 3.05) is 19.8 Å². The Hall–Kier alpha value is -1.86. The second kappa shape index (κ2) is 7.42. The van der Waals surface area contributed by atoms with E-state index in [1.54, 1.807) is 0 Å². The van der Waals surface area contributed by atoms with E-state index in [4.69, 9.17) is 10.00 Å². The number of benzene rings is 1. The summed E-state index contributed by atoms with van der Waals surface area (Å²) in [6.45, 7) is 2.89. The molecule has 1 amide bonds. The Morgan fingerprint density at radius 2 is 2.12 bits per heavy atom. The Morgan fingerprint density at radius 1 is 1.41 bits per heavy atom. The number of carbonyl (C=O) groups is 1. The summed E-state index contributed by atoms with van der Waals surface area (Å²) >= 11 is 0. The number of hydrogen-bond acceptors (Lipinski definition) is 3. The van der Waals surface area contributed by atoms with Gasteiger partial charge >= 0.3 is 0 Å². The molecular formula is C13H16N2O2. The molecule has 1 aromatic rings. The van der Waals surface area contributed by atoms with Gasteiger partial charge in [-0.2, -0.15) is 5.26 Å². The molecule has 0 unspecified atom stereocenters. The van der Waals surface area contributed by atoms with Gasteiger partial charge in [-0.1, -0.05) is 30.3 Å². The molecule has 0 saturated heterocycles. The third-order valence-corrected chi connectivity index (χ3v) is 2.26. The second-order valence-corrected chi connectivity index (χ2v) is 3.53. The number of ether oxygens (including phenoxy) is 1. The first-order chi connectivity index (χ1) is 8.27. The molecule has 0 fully saturated rings. The second-order valence-electron chi connectivity index (χ2n) is 3.53. The number of carbonyl (C=O) groups excluding carboxylic acids is 1. The Labute approximate surface area is 101 Å². The molecular weight excluding hydrogens is 216 g/mol. The van der Waals surface area contributed by atoms with E-state index >= 15 is 0 Å². The van der Waals surface area contributed by atoms with Gasteiger partial charge in [0.1, 0.15) is 13.2 Å². The average Bonchev–Trinajstić information content (AvgIpc) is 2.36. The van der Waals surface area contributed by atoms with Crippen LogP contribution in [0.2, 0.25) is 0 Å². The summed E-state index contributed by atoms with van der Waals surface area (Å²) in [7, 11) is 0. The van der Waals surface area contributed by atoms with Crippen LogP contribution in [-0.2, 0) is 16.1 Å². The lowest BCUT2D eigenvalue weighted by atomic mass is 10.2. The first-order valence-corrected chi connectivity index (χ1v) is 5.54. The van der Waals surface area contributed by atoms with Crippen molar-refractivity contribution in [3.63, 3.8) is 0 Å². The Kier molecular flexibility index (Phi) is 5.76. The van der Waals surface area contributed by atoms with Crippen LogP contribution in [0.4, 0.5) is 0 Å². The predicted molar refractivity (Wildman–Crippen MR) is 64.0 cm³/mol. The van der Waals surface area contributed by atoms with Crippen LogP contribution in [0.3, 0.4) is 0 Å². The lowest BCUT2D eigenvalue weighted by Gasteiger charge is -2.19.